The number of terminal acetylenes is 1. The number of nitrogens with one attached hydrogen (secondary N) is 1. The number of anilines is 1. The van der Waals surface area contributed by atoms with Crippen molar-refractivity contribution in [2.24, 2.45) is 0 Å². The standard InChI is InChI=1S/C14H10N2O4S/c1-2-11-3-5-12(6-4-11)15-21(19,20)14-9-7-13(8-10-14)16(17)18/h1,3-10,15H. The molecular formula is C14H10N2O4S. The van der Waals surface area contributed by atoms with E-state index in [0.717, 1.165) is 12.1 Å². The predicted molar refractivity (Wildman–Crippen MR) is 78.3 cm³/mol. The van der Waals surface area contributed by atoms with Gasteiger partial charge in [0.15, 0.2) is 0 Å². The Morgan fingerprint density at radius 3 is 2.10 bits per heavy atom. The van der Waals surface area contributed by atoms with E-state index in [0.29, 0.717) is 11.3 Å². The Hall–Kier alpha value is -2.85. The fourth-order valence-electron chi connectivity index (χ4n) is 1.60. The highest BCUT2D eigenvalue weighted by molar-refractivity contribution is 7.92. The second-order valence-corrected chi connectivity index (χ2v) is 5.76. The molecule has 0 saturated heterocycles. The lowest BCUT2D eigenvalue weighted by atomic mass is 10.2. The van der Waals surface area contributed by atoms with Crippen molar-refractivity contribution in [1.82, 2.24) is 0 Å². The summed E-state index contributed by atoms with van der Waals surface area (Å²) in [6.07, 6.45) is 5.21. The molecule has 6 nitrogen and oxygen atoms in total. The minimum absolute atomic E-state index is 0.0610. The van der Waals surface area contributed by atoms with Crippen molar-refractivity contribution < 1.29 is 13.3 Å². The Kier molecular flexibility index (Phi) is 3.91. The van der Waals surface area contributed by atoms with Crippen LogP contribution in [0.3, 0.4) is 0 Å². The maximum atomic E-state index is 12.1. The molecule has 0 atom stereocenters. The zero-order valence-electron chi connectivity index (χ0n) is 10.7. The van der Waals surface area contributed by atoms with E-state index in [2.05, 4.69) is 10.6 Å². The summed E-state index contributed by atoms with van der Waals surface area (Å²) < 4.78 is 26.6. The molecular weight excluding hydrogens is 292 g/mol. The Labute approximate surface area is 121 Å². The fourth-order valence-corrected chi connectivity index (χ4v) is 2.65. The molecule has 2 aromatic carbocycles. The molecule has 0 aliphatic rings. The molecule has 2 aromatic rings. The summed E-state index contributed by atoms with van der Waals surface area (Å²) in [7, 11) is -3.80. The average molecular weight is 302 g/mol. The molecule has 7 heteroatoms. The summed E-state index contributed by atoms with van der Waals surface area (Å²) in [5.74, 6) is 2.42. The van der Waals surface area contributed by atoms with Gasteiger partial charge in [-0.2, -0.15) is 0 Å². The molecule has 0 fully saturated rings. The first-order valence-electron chi connectivity index (χ1n) is 5.76. The Bertz CT molecular complexity index is 804. The van der Waals surface area contributed by atoms with E-state index in [9.17, 15) is 18.5 Å². The molecule has 106 valence electrons. The van der Waals surface area contributed by atoms with Gasteiger partial charge in [0, 0.05) is 23.4 Å². The second-order valence-electron chi connectivity index (χ2n) is 4.08. The van der Waals surface area contributed by atoms with Gasteiger partial charge < -0.3 is 0 Å². The van der Waals surface area contributed by atoms with E-state index in [1.165, 1.54) is 24.3 Å². The number of rotatable bonds is 4. The molecule has 0 aliphatic carbocycles. The minimum Gasteiger partial charge on any atom is -0.280 e. The van der Waals surface area contributed by atoms with E-state index in [1.807, 2.05) is 0 Å². The maximum Gasteiger partial charge on any atom is 0.269 e. The summed E-state index contributed by atoms with van der Waals surface area (Å²) in [6.45, 7) is 0. The van der Waals surface area contributed by atoms with Crippen molar-refractivity contribution in [1.29, 1.82) is 0 Å². The van der Waals surface area contributed by atoms with Gasteiger partial charge in [-0.05, 0) is 36.4 Å². The first-order valence-corrected chi connectivity index (χ1v) is 7.24. The van der Waals surface area contributed by atoms with Crippen LogP contribution < -0.4 is 4.72 Å². The molecule has 0 amide bonds. The first kappa shape index (κ1) is 14.6. The van der Waals surface area contributed by atoms with Gasteiger partial charge in [-0.25, -0.2) is 8.42 Å². The van der Waals surface area contributed by atoms with Gasteiger partial charge in [0.25, 0.3) is 15.7 Å². The zero-order valence-corrected chi connectivity index (χ0v) is 11.5. The summed E-state index contributed by atoms with van der Waals surface area (Å²) in [5, 5.41) is 10.5. The van der Waals surface area contributed by atoms with Crippen molar-refractivity contribution in [3.05, 3.63) is 64.2 Å². The van der Waals surface area contributed by atoms with Crippen LogP contribution in [0.5, 0.6) is 0 Å². The molecule has 0 spiro atoms. The lowest BCUT2D eigenvalue weighted by Gasteiger charge is -2.07. The van der Waals surface area contributed by atoms with Crippen molar-refractivity contribution in [2.45, 2.75) is 4.90 Å². The summed E-state index contributed by atoms with van der Waals surface area (Å²) in [4.78, 5) is 9.88. The molecule has 1 N–H and O–H groups in total. The van der Waals surface area contributed by atoms with E-state index >= 15 is 0 Å². The third-order valence-electron chi connectivity index (χ3n) is 2.66. The number of hydrogen-bond acceptors (Lipinski definition) is 4. The molecule has 0 radical (unpaired) electrons. The van der Waals surface area contributed by atoms with Gasteiger partial charge in [-0.3, -0.25) is 14.8 Å². The number of hydrogen-bond donors (Lipinski definition) is 1. The lowest BCUT2D eigenvalue weighted by molar-refractivity contribution is -0.384. The highest BCUT2D eigenvalue weighted by Crippen LogP contribution is 2.19. The highest BCUT2D eigenvalue weighted by atomic mass is 32.2. The van der Waals surface area contributed by atoms with Crippen molar-refractivity contribution >= 4 is 21.4 Å². The van der Waals surface area contributed by atoms with Crippen LogP contribution >= 0.6 is 0 Å². The van der Waals surface area contributed by atoms with Crippen molar-refractivity contribution in [3.63, 3.8) is 0 Å². The Balaban J connectivity index is 2.25. The Morgan fingerprint density at radius 1 is 1.05 bits per heavy atom. The lowest BCUT2D eigenvalue weighted by Crippen LogP contribution is -2.12. The van der Waals surface area contributed by atoms with Gasteiger partial charge in [0.1, 0.15) is 0 Å². The molecule has 0 saturated carbocycles. The molecule has 0 aromatic heterocycles. The normalized spacial score (nSPS) is 10.6. The number of benzene rings is 2. The quantitative estimate of drug-likeness (QED) is 0.533. The monoisotopic (exact) mass is 302 g/mol. The molecule has 0 heterocycles. The highest BCUT2D eigenvalue weighted by Gasteiger charge is 2.15. The predicted octanol–water partition coefficient (Wildman–Crippen LogP) is 2.38. The summed E-state index contributed by atoms with van der Waals surface area (Å²) >= 11 is 0. The molecule has 0 aliphatic heterocycles. The van der Waals surface area contributed by atoms with E-state index in [1.54, 1.807) is 12.1 Å². The third kappa shape index (κ3) is 3.38. The number of sulfonamides is 1. The van der Waals surface area contributed by atoms with E-state index in [-0.39, 0.29) is 10.6 Å². The first-order chi connectivity index (χ1) is 9.92. The average Bonchev–Trinajstić information content (AvgIpc) is 2.48. The van der Waals surface area contributed by atoms with Crippen LogP contribution in [0.25, 0.3) is 0 Å². The minimum atomic E-state index is -3.80. The molecule has 0 unspecified atom stereocenters. The molecule has 21 heavy (non-hydrogen) atoms. The fraction of sp³-hybridized carbons (Fsp3) is 0. The van der Waals surface area contributed by atoms with Crippen LogP contribution in [-0.2, 0) is 10.0 Å². The second kappa shape index (κ2) is 5.64. The SMILES string of the molecule is C#Cc1ccc(NS(=O)(=O)c2ccc([N+](=O)[O-])cc2)cc1. The summed E-state index contributed by atoms with van der Waals surface area (Å²) in [6, 6.07) is 10.9. The van der Waals surface area contributed by atoms with Crippen LogP contribution in [0.1, 0.15) is 5.56 Å². The van der Waals surface area contributed by atoms with E-state index < -0.39 is 14.9 Å². The zero-order chi connectivity index (χ0) is 15.5. The van der Waals surface area contributed by atoms with Gasteiger partial charge in [-0.15, -0.1) is 6.42 Å². The van der Waals surface area contributed by atoms with Crippen LogP contribution in [0, 0.1) is 22.5 Å². The number of nitro benzene ring substituents is 1. The topological polar surface area (TPSA) is 89.3 Å². The van der Waals surface area contributed by atoms with Gasteiger partial charge in [-0.1, -0.05) is 5.92 Å². The van der Waals surface area contributed by atoms with Crippen molar-refractivity contribution in [2.75, 3.05) is 4.72 Å². The number of nitrogens with zero attached hydrogens (tertiary/aromatic N) is 1. The van der Waals surface area contributed by atoms with Gasteiger partial charge in [0.05, 0.1) is 9.82 Å². The van der Waals surface area contributed by atoms with E-state index in [4.69, 9.17) is 6.42 Å². The van der Waals surface area contributed by atoms with Crippen LogP contribution in [-0.4, -0.2) is 13.3 Å². The third-order valence-corrected chi connectivity index (χ3v) is 4.06. The van der Waals surface area contributed by atoms with Gasteiger partial charge >= 0.3 is 0 Å². The van der Waals surface area contributed by atoms with Crippen LogP contribution in [0.2, 0.25) is 0 Å². The Morgan fingerprint density at radius 2 is 1.62 bits per heavy atom. The van der Waals surface area contributed by atoms with Crippen LogP contribution in [0.4, 0.5) is 11.4 Å². The number of nitro groups is 1. The molecule has 2 rings (SSSR count). The number of non-ortho nitro benzene ring substituents is 1. The smallest absolute Gasteiger partial charge is 0.269 e. The largest absolute Gasteiger partial charge is 0.280 e. The van der Waals surface area contributed by atoms with Crippen molar-refractivity contribution in [3.8, 4) is 12.3 Å². The van der Waals surface area contributed by atoms with Gasteiger partial charge in [0.2, 0.25) is 0 Å². The molecule has 0 bridgehead atoms. The maximum absolute atomic E-state index is 12.1. The summed E-state index contributed by atoms with van der Waals surface area (Å²) in [5.41, 5.74) is 0.813. The van der Waals surface area contributed by atoms with Crippen LogP contribution in [0.15, 0.2) is 53.4 Å².